The number of amides is 1. The van der Waals surface area contributed by atoms with Gasteiger partial charge in [-0.3, -0.25) is 4.79 Å². The van der Waals surface area contributed by atoms with E-state index in [9.17, 15) is 18.0 Å². The lowest BCUT2D eigenvalue weighted by atomic mass is 10.1. The van der Waals surface area contributed by atoms with Crippen LogP contribution in [-0.2, 0) is 11.0 Å². The fourth-order valence-corrected chi connectivity index (χ4v) is 1.70. The quantitative estimate of drug-likeness (QED) is 0.662. The molecule has 1 rings (SSSR count). The molecule has 0 heterocycles. The van der Waals surface area contributed by atoms with Gasteiger partial charge in [0.1, 0.15) is 6.07 Å². The van der Waals surface area contributed by atoms with E-state index < -0.39 is 11.7 Å². The molecule has 0 spiro atoms. The van der Waals surface area contributed by atoms with E-state index in [-0.39, 0.29) is 23.6 Å². The van der Waals surface area contributed by atoms with E-state index in [1.165, 1.54) is 0 Å². The molecule has 0 unspecified atom stereocenters. The smallest absolute Gasteiger partial charge is 0.325 e. The minimum absolute atomic E-state index is 0.0800. The third-order valence-electron chi connectivity index (χ3n) is 2.53. The lowest BCUT2D eigenvalue weighted by molar-refractivity contribution is -0.137. The average molecular weight is 305 g/mol. The number of carbonyl (C=O) groups is 1. The number of nitrogens with one attached hydrogen (secondary N) is 1. The third kappa shape index (κ3) is 4.74. The summed E-state index contributed by atoms with van der Waals surface area (Å²) in [5, 5.41) is 11.3. The summed E-state index contributed by atoms with van der Waals surface area (Å²) in [7, 11) is 0. The van der Waals surface area contributed by atoms with E-state index in [0.29, 0.717) is 24.8 Å². The van der Waals surface area contributed by atoms with Crippen molar-refractivity contribution in [3.63, 3.8) is 0 Å². The molecule has 0 atom stereocenters. The van der Waals surface area contributed by atoms with E-state index in [2.05, 4.69) is 5.32 Å². The maximum absolute atomic E-state index is 12.5. The highest BCUT2D eigenvalue weighted by molar-refractivity contribution is 6.17. The molecule has 1 amide bonds. The number of hydrogen-bond donors (Lipinski definition) is 1. The number of nitrogens with zero attached hydrogens (tertiary/aromatic N) is 1. The fraction of sp³-hybridized carbons (Fsp3) is 0.385. The Morgan fingerprint density at radius 1 is 1.35 bits per heavy atom. The van der Waals surface area contributed by atoms with Crippen molar-refractivity contribution in [2.75, 3.05) is 11.2 Å². The van der Waals surface area contributed by atoms with Crippen LogP contribution in [0.1, 0.15) is 30.4 Å². The van der Waals surface area contributed by atoms with Crippen LogP contribution in [0.4, 0.5) is 18.9 Å². The second-order valence-corrected chi connectivity index (χ2v) is 4.44. The zero-order chi connectivity index (χ0) is 15.2. The Morgan fingerprint density at radius 3 is 2.60 bits per heavy atom. The van der Waals surface area contributed by atoms with Crippen molar-refractivity contribution in [2.45, 2.75) is 25.4 Å². The summed E-state index contributed by atoms with van der Waals surface area (Å²) in [6.45, 7) is 0. The molecular formula is C13H12ClF3N2O. The number of carbonyl (C=O) groups excluding carboxylic acids is 1. The predicted molar refractivity (Wildman–Crippen MR) is 69.4 cm³/mol. The van der Waals surface area contributed by atoms with Crippen LogP contribution < -0.4 is 5.32 Å². The van der Waals surface area contributed by atoms with Gasteiger partial charge in [-0.05, 0) is 31.0 Å². The van der Waals surface area contributed by atoms with Gasteiger partial charge in [-0.25, -0.2) is 0 Å². The number of rotatable bonds is 5. The summed E-state index contributed by atoms with van der Waals surface area (Å²) in [4.78, 5) is 11.6. The van der Waals surface area contributed by atoms with Gasteiger partial charge in [-0.1, -0.05) is 0 Å². The van der Waals surface area contributed by atoms with Crippen LogP contribution in [0.5, 0.6) is 0 Å². The first-order chi connectivity index (χ1) is 9.38. The molecule has 3 nitrogen and oxygen atoms in total. The Bertz CT molecular complexity index is 523. The Balaban J connectivity index is 2.81. The largest absolute Gasteiger partial charge is 0.416 e. The summed E-state index contributed by atoms with van der Waals surface area (Å²) in [5.74, 6) is 0.0863. The number of hydrogen-bond acceptors (Lipinski definition) is 2. The SMILES string of the molecule is N#Cc1cc(C(F)(F)F)ccc1NC(=O)CCCCCl. The highest BCUT2D eigenvalue weighted by Crippen LogP contribution is 2.31. The molecular weight excluding hydrogens is 293 g/mol. The molecule has 0 aliphatic heterocycles. The Hall–Kier alpha value is -1.74. The number of unbranched alkanes of at least 4 members (excludes halogenated alkanes) is 1. The molecule has 7 heteroatoms. The van der Waals surface area contributed by atoms with Gasteiger partial charge >= 0.3 is 6.18 Å². The van der Waals surface area contributed by atoms with Crippen LogP contribution in [-0.4, -0.2) is 11.8 Å². The lowest BCUT2D eigenvalue weighted by Gasteiger charge is -2.10. The first-order valence-corrected chi connectivity index (χ1v) is 6.39. The van der Waals surface area contributed by atoms with Crippen LogP contribution in [0, 0.1) is 11.3 Å². The van der Waals surface area contributed by atoms with E-state index in [4.69, 9.17) is 16.9 Å². The third-order valence-corrected chi connectivity index (χ3v) is 2.80. The predicted octanol–water partition coefficient (Wildman–Crippen LogP) is 3.92. The molecule has 1 aromatic carbocycles. The minimum atomic E-state index is -4.52. The van der Waals surface area contributed by atoms with Crippen LogP contribution in [0.25, 0.3) is 0 Å². The summed E-state index contributed by atoms with van der Waals surface area (Å²) >= 11 is 5.47. The van der Waals surface area contributed by atoms with Crippen molar-refractivity contribution < 1.29 is 18.0 Å². The molecule has 20 heavy (non-hydrogen) atoms. The lowest BCUT2D eigenvalue weighted by Crippen LogP contribution is -2.13. The molecule has 0 radical (unpaired) electrons. The van der Waals surface area contributed by atoms with Crippen LogP contribution in [0.3, 0.4) is 0 Å². The standard InChI is InChI=1S/C13H12ClF3N2O/c14-6-2-1-3-12(20)19-11-5-4-10(13(15,16)17)7-9(11)8-18/h4-5,7H,1-3,6H2,(H,19,20). The van der Waals surface area contributed by atoms with Gasteiger partial charge in [-0.15, -0.1) is 11.6 Å². The van der Waals surface area contributed by atoms with E-state index in [1.54, 1.807) is 6.07 Å². The number of nitriles is 1. The number of halogens is 4. The molecule has 0 fully saturated rings. The topological polar surface area (TPSA) is 52.9 Å². The first kappa shape index (κ1) is 16.3. The molecule has 108 valence electrons. The second-order valence-electron chi connectivity index (χ2n) is 4.06. The highest BCUT2D eigenvalue weighted by Gasteiger charge is 2.31. The molecule has 0 saturated heterocycles. The molecule has 1 N–H and O–H groups in total. The molecule has 1 aromatic rings. The monoisotopic (exact) mass is 304 g/mol. The summed E-state index contributed by atoms with van der Waals surface area (Å²) in [6, 6.07) is 4.27. The molecule has 0 aliphatic rings. The van der Waals surface area contributed by atoms with E-state index in [0.717, 1.165) is 12.1 Å². The van der Waals surface area contributed by atoms with Gasteiger partial charge in [0.05, 0.1) is 16.8 Å². The van der Waals surface area contributed by atoms with Crippen LogP contribution >= 0.6 is 11.6 Å². The number of benzene rings is 1. The van der Waals surface area contributed by atoms with E-state index in [1.807, 2.05) is 0 Å². The molecule has 0 aromatic heterocycles. The molecule has 0 bridgehead atoms. The van der Waals surface area contributed by atoms with Crippen LogP contribution in [0.15, 0.2) is 18.2 Å². The van der Waals surface area contributed by atoms with Crippen molar-refractivity contribution >= 4 is 23.2 Å². The average Bonchev–Trinajstić information content (AvgIpc) is 2.38. The van der Waals surface area contributed by atoms with Crippen LogP contribution in [0.2, 0.25) is 0 Å². The highest BCUT2D eigenvalue weighted by atomic mass is 35.5. The number of alkyl halides is 4. The van der Waals surface area contributed by atoms with Gasteiger partial charge < -0.3 is 5.32 Å². The van der Waals surface area contributed by atoms with Crippen molar-refractivity contribution in [2.24, 2.45) is 0 Å². The molecule has 0 saturated carbocycles. The summed E-state index contributed by atoms with van der Waals surface area (Å²) < 4.78 is 37.5. The van der Waals surface area contributed by atoms with Gasteiger partial charge in [-0.2, -0.15) is 18.4 Å². The van der Waals surface area contributed by atoms with Crippen molar-refractivity contribution in [3.05, 3.63) is 29.3 Å². The summed E-state index contributed by atoms with van der Waals surface area (Å²) in [5.41, 5.74) is -1.06. The van der Waals surface area contributed by atoms with Gasteiger partial charge in [0.15, 0.2) is 0 Å². The first-order valence-electron chi connectivity index (χ1n) is 5.85. The summed E-state index contributed by atoms with van der Waals surface area (Å²) in [6.07, 6.45) is -3.06. The Kier molecular flexibility index (Phi) is 5.83. The van der Waals surface area contributed by atoms with Crippen molar-refractivity contribution in [1.82, 2.24) is 0 Å². The van der Waals surface area contributed by atoms with Crippen molar-refractivity contribution in [3.8, 4) is 6.07 Å². The van der Waals surface area contributed by atoms with Gasteiger partial charge in [0, 0.05) is 12.3 Å². The number of anilines is 1. The van der Waals surface area contributed by atoms with Gasteiger partial charge in [0.2, 0.25) is 5.91 Å². The normalized spacial score (nSPS) is 10.9. The Labute approximate surface area is 119 Å². The van der Waals surface area contributed by atoms with Crippen molar-refractivity contribution in [1.29, 1.82) is 5.26 Å². The molecule has 0 aliphatic carbocycles. The maximum Gasteiger partial charge on any atom is 0.416 e. The minimum Gasteiger partial charge on any atom is -0.325 e. The Morgan fingerprint density at radius 2 is 2.05 bits per heavy atom. The fourth-order valence-electron chi connectivity index (χ4n) is 1.51. The zero-order valence-corrected chi connectivity index (χ0v) is 11.2. The van der Waals surface area contributed by atoms with E-state index >= 15 is 0 Å². The van der Waals surface area contributed by atoms with Gasteiger partial charge in [0.25, 0.3) is 0 Å². The second kappa shape index (κ2) is 7.15. The maximum atomic E-state index is 12.5. The zero-order valence-electron chi connectivity index (χ0n) is 10.4.